The summed E-state index contributed by atoms with van der Waals surface area (Å²) in [6.45, 7) is 0.792. The van der Waals surface area contributed by atoms with E-state index in [4.69, 9.17) is 5.73 Å². The van der Waals surface area contributed by atoms with Gasteiger partial charge in [-0.1, -0.05) is 12.8 Å². The number of hydrogen-bond donors (Lipinski definition) is 2. The monoisotopic (exact) mass is 296 g/mol. The first-order valence-electron chi connectivity index (χ1n) is 6.00. The van der Waals surface area contributed by atoms with Crippen LogP contribution < -0.4 is 11.1 Å². The van der Waals surface area contributed by atoms with Gasteiger partial charge in [-0.05, 0) is 52.9 Å². The lowest BCUT2D eigenvalue weighted by Crippen LogP contribution is -2.28. The number of rotatable bonds is 3. The van der Waals surface area contributed by atoms with Gasteiger partial charge in [-0.3, -0.25) is 4.79 Å². The zero-order valence-electron chi connectivity index (χ0n) is 9.71. The molecule has 0 bridgehead atoms. The largest absolute Gasteiger partial charge is 0.398 e. The van der Waals surface area contributed by atoms with Gasteiger partial charge in [0.1, 0.15) is 0 Å². The number of carbonyl (C=O) groups excluding carboxylic acids is 1. The molecular formula is C13H17BrN2O. The second kappa shape index (κ2) is 5.54. The molecule has 1 aromatic rings. The predicted octanol–water partition coefficient (Wildman–Crippen LogP) is 2.95. The van der Waals surface area contributed by atoms with E-state index in [-0.39, 0.29) is 5.91 Å². The van der Waals surface area contributed by atoms with Crippen molar-refractivity contribution in [2.75, 3.05) is 12.3 Å². The molecule has 0 aliphatic heterocycles. The first-order valence-corrected chi connectivity index (χ1v) is 6.79. The molecule has 0 unspecified atom stereocenters. The molecule has 17 heavy (non-hydrogen) atoms. The lowest BCUT2D eigenvalue weighted by Gasteiger charge is -2.11. The molecule has 0 heterocycles. The molecule has 0 spiro atoms. The van der Waals surface area contributed by atoms with Crippen LogP contribution in [0.25, 0.3) is 0 Å². The van der Waals surface area contributed by atoms with Gasteiger partial charge in [0, 0.05) is 22.3 Å². The van der Waals surface area contributed by atoms with E-state index < -0.39 is 0 Å². The predicted molar refractivity (Wildman–Crippen MR) is 72.8 cm³/mol. The first-order chi connectivity index (χ1) is 8.16. The Balaban J connectivity index is 1.92. The maximum Gasteiger partial charge on any atom is 0.251 e. The van der Waals surface area contributed by atoms with Gasteiger partial charge in [0.25, 0.3) is 5.91 Å². The van der Waals surface area contributed by atoms with Gasteiger partial charge in [-0.2, -0.15) is 0 Å². The van der Waals surface area contributed by atoms with E-state index in [1.54, 1.807) is 18.2 Å². The molecule has 3 N–H and O–H groups in total. The molecule has 1 aromatic carbocycles. The summed E-state index contributed by atoms with van der Waals surface area (Å²) in [5, 5.41) is 2.99. The Morgan fingerprint density at radius 2 is 2.12 bits per heavy atom. The number of benzene rings is 1. The Bertz CT molecular complexity index is 414. The van der Waals surface area contributed by atoms with Crippen molar-refractivity contribution in [3.05, 3.63) is 28.2 Å². The third-order valence-corrected chi connectivity index (χ3v) is 3.98. The van der Waals surface area contributed by atoms with Crippen LogP contribution in [-0.2, 0) is 0 Å². The minimum atomic E-state index is -0.0161. The highest BCUT2D eigenvalue weighted by Gasteiger charge is 2.16. The van der Waals surface area contributed by atoms with E-state index >= 15 is 0 Å². The summed E-state index contributed by atoms with van der Waals surface area (Å²) in [5.74, 6) is 0.647. The lowest BCUT2D eigenvalue weighted by molar-refractivity contribution is 0.0947. The number of anilines is 1. The molecule has 0 atom stereocenters. The van der Waals surface area contributed by atoms with Crippen LogP contribution in [-0.4, -0.2) is 12.5 Å². The zero-order chi connectivity index (χ0) is 12.3. The summed E-state index contributed by atoms with van der Waals surface area (Å²) in [5.41, 5.74) is 6.99. The van der Waals surface area contributed by atoms with Crippen molar-refractivity contribution in [3.63, 3.8) is 0 Å². The Morgan fingerprint density at radius 3 is 2.76 bits per heavy atom. The van der Waals surface area contributed by atoms with E-state index in [0.29, 0.717) is 17.2 Å². The third kappa shape index (κ3) is 3.22. The fourth-order valence-electron chi connectivity index (χ4n) is 2.22. The topological polar surface area (TPSA) is 55.1 Å². The highest BCUT2D eigenvalue weighted by Crippen LogP contribution is 2.24. The fraction of sp³-hybridized carbons (Fsp3) is 0.462. The number of hydrogen-bond acceptors (Lipinski definition) is 2. The summed E-state index contributed by atoms with van der Waals surface area (Å²) >= 11 is 3.33. The standard InChI is InChI=1S/C13H17BrN2O/c14-11-7-10(5-6-12(11)15)13(17)16-8-9-3-1-2-4-9/h5-7,9H,1-4,8,15H2,(H,16,17). The van der Waals surface area contributed by atoms with E-state index in [9.17, 15) is 4.79 Å². The minimum absolute atomic E-state index is 0.0161. The van der Waals surface area contributed by atoms with Crippen LogP contribution >= 0.6 is 15.9 Å². The Kier molecular flexibility index (Phi) is 4.05. The molecule has 92 valence electrons. The van der Waals surface area contributed by atoms with Crippen molar-refractivity contribution < 1.29 is 4.79 Å². The maximum absolute atomic E-state index is 11.9. The van der Waals surface area contributed by atoms with Gasteiger partial charge >= 0.3 is 0 Å². The summed E-state index contributed by atoms with van der Waals surface area (Å²) in [6.07, 6.45) is 5.08. The van der Waals surface area contributed by atoms with Crippen LogP contribution in [0, 0.1) is 5.92 Å². The van der Waals surface area contributed by atoms with Gasteiger partial charge in [0.15, 0.2) is 0 Å². The van der Waals surface area contributed by atoms with E-state index in [1.807, 2.05) is 0 Å². The molecular weight excluding hydrogens is 280 g/mol. The van der Waals surface area contributed by atoms with Crippen molar-refractivity contribution in [2.24, 2.45) is 5.92 Å². The summed E-state index contributed by atoms with van der Waals surface area (Å²) in [7, 11) is 0. The van der Waals surface area contributed by atoms with Crippen LogP contribution in [0.1, 0.15) is 36.0 Å². The van der Waals surface area contributed by atoms with Crippen LogP contribution in [0.5, 0.6) is 0 Å². The second-order valence-corrected chi connectivity index (χ2v) is 5.45. The molecule has 4 heteroatoms. The normalized spacial score (nSPS) is 16.1. The SMILES string of the molecule is Nc1ccc(C(=O)NCC2CCCC2)cc1Br. The third-order valence-electron chi connectivity index (χ3n) is 3.29. The van der Waals surface area contributed by atoms with Crippen molar-refractivity contribution in [1.82, 2.24) is 5.32 Å². The van der Waals surface area contributed by atoms with Gasteiger partial charge < -0.3 is 11.1 Å². The number of amides is 1. The average Bonchev–Trinajstić information content (AvgIpc) is 2.82. The van der Waals surface area contributed by atoms with Crippen molar-refractivity contribution in [2.45, 2.75) is 25.7 Å². The highest BCUT2D eigenvalue weighted by atomic mass is 79.9. The number of halogens is 1. The van der Waals surface area contributed by atoms with Crippen LogP contribution in [0.2, 0.25) is 0 Å². The number of carbonyl (C=O) groups is 1. The number of nitrogen functional groups attached to an aromatic ring is 1. The summed E-state index contributed by atoms with van der Waals surface area (Å²) in [6, 6.07) is 5.26. The molecule has 1 fully saturated rings. The average molecular weight is 297 g/mol. The summed E-state index contributed by atoms with van der Waals surface area (Å²) in [4.78, 5) is 11.9. The second-order valence-electron chi connectivity index (χ2n) is 4.60. The van der Waals surface area contributed by atoms with E-state index in [2.05, 4.69) is 21.2 Å². The zero-order valence-corrected chi connectivity index (χ0v) is 11.3. The molecule has 1 aliphatic carbocycles. The molecule has 2 rings (SSSR count). The molecule has 0 saturated heterocycles. The fourth-order valence-corrected chi connectivity index (χ4v) is 2.60. The Labute approximate surface area is 110 Å². The maximum atomic E-state index is 11.9. The van der Waals surface area contributed by atoms with Crippen molar-refractivity contribution in [3.8, 4) is 0 Å². The number of nitrogens with one attached hydrogen (secondary N) is 1. The molecule has 0 radical (unpaired) electrons. The van der Waals surface area contributed by atoms with Gasteiger partial charge in [-0.25, -0.2) is 0 Å². The lowest BCUT2D eigenvalue weighted by atomic mass is 10.1. The molecule has 0 aromatic heterocycles. The van der Waals surface area contributed by atoms with Gasteiger partial charge in [0.2, 0.25) is 0 Å². The Morgan fingerprint density at radius 1 is 1.41 bits per heavy atom. The highest BCUT2D eigenvalue weighted by molar-refractivity contribution is 9.10. The minimum Gasteiger partial charge on any atom is -0.398 e. The quantitative estimate of drug-likeness (QED) is 0.843. The smallest absolute Gasteiger partial charge is 0.251 e. The van der Waals surface area contributed by atoms with Gasteiger partial charge in [-0.15, -0.1) is 0 Å². The van der Waals surface area contributed by atoms with Crippen molar-refractivity contribution in [1.29, 1.82) is 0 Å². The first kappa shape index (κ1) is 12.4. The molecule has 3 nitrogen and oxygen atoms in total. The molecule has 1 amide bonds. The summed E-state index contributed by atoms with van der Waals surface area (Å²) < 4.78 is 0.769. The van der Waals surface area contributed by atoms with Crippen molar-refractivity contribution >= 4 is 27.5 Å². The molecule has 1 aliphatic rings. The van der Waals surface area contributed by atoms with Crippen LogP contribution in [0.4, 0.5) is 5.69 Å². The van der Waals surface area contributed by atoms with E-state index in [0.717, 1.165) is 11.0 Å². The Hall–Kier alpha value is -1.03. The molecule has 1 saturated carbocycles. The van der Waals surface area contributed by atoms with Crippen LogP contribution in [0.3, 0.4) is 0 Å². The van der Waals surface area contributed by atoms with Gasteiger partial charge in [0.05, 0.1) is 0 Å². The number of nitrogens with two attached hydrogens (primary N) is 1. The van der Waals surface area contributed by atoms with E-state index in [1.165, 1.54) is 25.7 Å². The van der Waals surface area contributed by atoms with Crippen LogP contribution in [0.15, 0.2) is 22.7 Å².